The van der Waals surface area contributed by atoms with E-state index in [1.807, 2.05) is 0 Å². The second kappa shape index (κ2) is 8.87. The topological polar surface area (TPSA) is 9.23 Å². The normalized spacial score (nSPS) is 27.3. The van der Waals surface area contributed by atoms with E-state index in [-0.39, 0.29) is 6.10 Å². The fourth-order valence-corrected chi connectivity index (χ4v) is 5.98. The Morgan fingerprint density at radius 1 is 0.667 bits per heavy atom. The van der Waals surface area contributed by atoms with E-state index in [0.29, 0.717) is 0 Å². The van der Waals surface area contributed by atoms with Gasteiger partial charge < -0.3 is 4.74 Å². The number of hydrogen-bond donors (Lipinski definition) is 0. The van der Waals surface area contributed by atoms with Crippen LogP contribution in [0.1, 0.15) is 84.9 Å². The standard InChI is InChI=1S/C29H40O/c1-18-7-9-24(10-8-18)25-11-12-28(30-17-25)26-15-21(4)29(22(5)16-26)27-13-19(2)23(6)20(3)14-27/h13-16,18,24-25,28H,7-12,17H2,1-6H3. The monoisotopic (exact) mass is 404 g/mol. The van der Waals surface area contributed by atoms with E-state index in [1.165, 1.54) is 83.0 Å². The number of rotatable bonds is 3. The smallest absolute Gasteiger partial charge is 0.0825 e. The number of aryl methyl sites for hydroxylation is 4. The van der Waals surface area contributed by atoms with E-state index >= 15 is 0 Å². The quantitative estimate of drug-likeness (QED) is 0.501. The molecule has 2 fully saturated rings. The fourth-order valence-electron chi connectivity index (χ4n) is 5.98. The molecule has 0 bridgehead atoms. The lowest BCUT2D eigenvalue weighted by Crippen LogP contribution is -2.29. The molecule has 2 aliphatic rings. The van der Waals surface area contributed by atoms with Gasteiger partial charge >= 0.3 is 0 Å². The third kappa shape index (κ3) is 4.37. The molecule has 0 radical (unpaired) electrons. The molecule has 1 saturated heterocycles. The number of benzene rings is 2. The summed E-state index contributed by atoms with van der Waals surface area (Å²) < 4.78 is 6.47. The number of ether oxygens (including phenoxy) is 1. The van der Waals surface area contributed by atoms with Gasteiger partial charge in [0.15, 0.2) is 0 Å². The largest absolute Gasteiger partial charge is 0.373 e. The second-order valence-electron chi connectivity index (χ2n) is 10.4. The van der Waals surface area contributed by atoms with Crippen LogP contribution >= 0.6 is 0 Å². The predicted molar refractivity (Wildman–Crippen MR) is 128 cm³/mol. The first-order valence-electron chi connectivity index (χ1n) is 12.1. The number of hydrogen-bond acceptors (Lipinski definition) is 1. The zero-order chi connectivity index (χ0) is 21.4. The Hall–Kier alpha value is -1.60. The molecule has 2 aromatic carbocycles. The third-order valence-electron chi connectivity index (χ3n) is 8.18. The lowest BCUT2D eigenvalue weighted by molar-refractivity contribution is -0.0400. The van der Waals surface area contributed by atoms with Crippen molar-refractivity contribution < 1.29 is 4.74 Å². The Morgan fingerprint density at radius 3 is 1.77 bits per heavy atom. The van der Waals surface area contributed by atoms with Gasteiger partial charge in [-0.2, -0.15) is 0 Å². The Labute approximate surface area is 184 Å². The molecule has 1 heterocycles. The molecule has 0 amide bonds. The maximum atomic E-state index is 6.47. The summed E-state index contributed by atoms with van der Waals surface area (Å²) in [4.78, 5) is 0. The van der Waals surface area contributed by atoms with Crippen LogP contribution in [0, 0.1) is 52.4 Å². The van der Waals surface area contributed by atoms with Crippen molar-refractivity contribution in [3.05, 3.63) is 57.6 Å². The minimum absolute atomic E-state index is 0.275. The highest BCUT2D eigenvalue weighted by Crippen LogP contribution is 2.41. The van der Waals surface area contributed by atoms with Gasteiger partial charge in [-0.15, -0.1) is 0 Å². The summed E-state index contributed by atoms with van der Waals surface area (Å²) >= 11 is 0. The maximum absolute atomic E-state index is 6.47. The van der Waals surface area contributed by atoms with Crippen LogP contribution in [0.5, 0.6) is 0 Å². The Bertz CT molecular complexity index is 847. The molecular weight excluding hydrogens is 364 g/mol. The van der Waals surface area contributed by atoms with Gasteiger partial charge in [0.2, 0.25) is 0 Å². The highest BCUT2D eigenvalue weighted by atomic mass is 16.5. The van der Waals surface area contributed by atoms with E-state index in [2.05, 4.69) is 65.8 Å². The van der Waals surface area contributed by atoms with E-state index in [0.717, 1.165) is 24.4 Å². The molecule has 2 unspecified atom stereocenters. The van der Waals surface area contributed by atoms with Crippen molar-refractivity contribution in [1.29, 1.82) is 0 Å². The van der Waals surface area contributed by atoms with Crippen LogP contribution in [-0.2, 0) is 4.74 Å². The van der Waals surface area contributed by atoms with Crippen LogP contribution in [0.25, 0.3) is 11.1 Å². The molecule has 2 aromatic rings. The molecule has 1 heteroatoms. The van der Waals surface area contributed by atoms with Gasteiger partial charge in [0, 0.05) is 0 Å². The van der Waals surface area contributed by atoms with Crippen molar-refractivity contribution in [1.82, 2.24) is 0 Å². The molecule has 30 heavy (non-hydrogen) atoms. The van der Waals surface area contributed by atoms with Crippen molar-refractivity contribution >= 4 is 0 Å². The minimum atomic E-state index is 0.275. The van der Waals surface area contributed by atoms with Crippen molar-refractivity contribution in [2.45, 2.75) is 86.2 Å². The first-order valence-corrected chi connectivity index (χ1v) is 12.1. The average molecular weight is 405 g/mol. The molecule has 1 aliphatic carbocycles. The summed E-state index contributed by atoms with van der Waals surface area (Å²) in [6.45, 7) is 14.6. The molecule has 0 spiro atoms. The molecule has 1 saturated carbocycles. The van der Waals surface area contributed by atoms with E-state index in [1.54, 1.807) is 0 Å². The van der Waals surface area contributed by atoms with Crippen LogP contribution in [0.4, 0.5) is 0 Å². The molecular formula is C29H40O. The van der Waals surface area contributed by atoms with Crippen molar-refractivity contribution in [3.8, 4) is 11.1 Å². The lowest BCUT2D eigenvalue weighted by Gasteiger charge is -2.37. The van der Waals surface area contributed by atoms with Gasteiger partial charge in [0.25, 0.3) is 0 Å². The first kappa shape index (κ1) is 21.6. The van der Waals surface area contributed by atoms with Crippen molar-refractivity contribution in [3.63, 3.8) is 0 Å². The molecule has 4 rings (SSSR count). The van der Waals surface area contributed by atoms with Gasteiger partial charge in [-0.25, -0.2) is 0 Å². The zero-order valence-electron chi connectivity index (χ0n) is 20.0. The average Bonchev–Trinajstić information content (AvgIpc) is 2.72. The predicted octanol–water partition coefficient (Wildman–Crippen LogP) is 8.19. The van der Waals surface area contributed by atoms with Crippen LogP contribution in [-0.4, -0.2) is 6.61 Å². The summed E-state index contributed by atoms with van der Waals surface area (Å²) in [6.07, 6.45) is 8.46. The van der Waals surface area contributed by atoms with Crippen LogP contribution in [0.2, 0.25) is 0 Å². The van der Waals surface area contributed by atoms with Crippen LogP contribution in [0.15, 0.2) is 24.3 Å². The van der Waals surface area contributed by atoms with Crippen LogP contribution in [0.3, 0.4) is 0 Å². The molecule has 1 aliphatic heterocycles. The highest BCUT2D eigenvalue weighted by Gasteiger charge is 2.31. The maximum Gasteiger partial charge on any atom is 0.0825 e. The molecule has 0 N–H and O–H groups in total. The van der Waals surface area contributed by atoms with Gasteiger partial charge in [-0.05, 0) is 123 Å². The summed E-state index contributed by atoms with van der Waals surface area (Å²) in [7, 11) is 0. The highest BCUT2D eigenvalue weighted by molar-refractivity contribution is 5.73. The molecule has 162 valence electrons. The Morgan fingerprint density at radius 2 is 1.23 bits per heavy atom. The second-order valence-corrected chi connectivity index (χ2v) is 10.4. The molecule has 1 nitrogen and oxygen atoms in total. The van der Waals surface area contributed by atoms with E-state index in [4.69, 9.17) is 4.74 Å². The van der Waals surface area contributed by atoms with Gasteiger partial charge in [-0.1, -0.05) is 44.0 Å². The van der Waals surface area contributed by atoms with Crippen molar-refractivity contribution in [2.24, 2.45) is 17.8 Å². The zero-order valence-corrected chi connectivity index (χ0v) is 20.0. The van der Waals surface area contributed by atoms with E-state index < -0.39 is 0 Å². The van der Waals surface area contributed by atoms with Crippen LogP contribution < -0.4 is 0 Å². The molecule has 0 aromatic heterocycles. The Kier molecular flexibility index (Phi) is 6.39. The Balaban J connectivity index is 1.49. The first-order chi connectivity index (χ1) is 14.3. The summed E-state index contributed by atoms with van der Waals surface area (Å²) in [5.74, 6) is 2.62. The third-order valence-corrected chi connectivity index (χ3v) is 8.18. The minimum Gasteiger partial charge on any atom is -0.373 e. The van der Waals surface area contributed by atoms with Gasteiger partial charge in [0.1, 0.15) is 0 Å². The van der Waals surface area contributed by atoms with E-state index in [9.17, 15) is 0 Å². The summed E-state index contributed by atoms with van der Waals surface area (Å²) in [5, 5.41) is 0. The van der Waals surface area contributed by atoms with Gasteiger partial charge in [-0.3, -0.25) is 0 Å². The van der Waals surface area contributed by atoms with Gasteiger partial charge in [0.05, 0.1) is 12.7 Å². The lowest BCUT2D eigenvalue weighted by atomic mass is 9.74. The summed E-state index contributed by atoms with van der Waals surface area (Å²) in [5.41, 5.74) is 11.1. The molecule has 2 atom stereocenters. The SMILES string of the molecule is Cc1cc(-c2c(C)cc(C3CCC(C4CCC(C)CC4)CO3)cc2C)cc(C)c1C. The van der Waals surface area contributed by atoms with Crippen molar-refractivity contribution in [2.75, 3.05) is 6.61 Å². The fraction of sp³-hybridized carbons (Fsp3) is 0.586. The summed E-state index contributed by atoms with van der Waals surface area (Å²) in [6, 6.07) is 9.48.